The number of carbonyl (C=O) groups is 2. The first-order chi connectivity index (χ1) is 31.5. The maximum atomic E-state index is 15.3. The zero-order valence-corrected chi connectivity index (χ0v) is 45.0. The van der Waals surface area contributed by atoms with E-state index in [0.717, 1.165) is 72.5 Å². The van der Waals surface area contributed by atoms with Gasteiger partial charge in [-0.25, -0.2) is 0 Å². The number of hydrogen-bond donors (Lipinski definition) is 0. The number of unbranched alkanes of at least 4 members (excludes halogenated alkanes) is 4. The lowest BCUT2D eigenvalue weighted by Crippen LogP contribution is -2.34. The van der Waals surface area contributed by atoms with Crippen LogP contribution in [0.2, 0.25) is 0 Å². The van der Waals surface area contributed by atoms with E-state index in [1.807, 2.05) is 27.6 Å². The van der Waals surface area contributed by atoms with E-state index in [-0.39, 0.29) is 17.2 Å². The Morgan fingerprint density at radius 3 is 1.37 bits per heavy atom. The topological polar surface area (TPSA) is 40.6 Å². The van der Waals surface area contributed by atoms with Crippen LogP contribution in [0.15, 0.2) is 47.5 Å². The van der Waals surface area contributed by atoms with Gasteiger partial charge < -0.3 is 9.80 Å². The van der Waals surface area contributed by atoms with Crippen molar-refractivity contribution in [3.8, 4) is 19.5 Å². The van der Waals surface area contributed by atoms with Crippen LogP contribution in [-0.2, 0) is 15.0 Å². The van der Waals surface area contributed by atoms with Gasteiger partial charge in [0.1, 0.15) is 0 Å². The Labute approximate surface area is 410 Å². The third-order valence-electron chi connectivity index (χ3n) is 15.4. The molecular formula is C57H80N2O2S4. The van der Waals surface area contributed by atoms with Crippen LogP contribution in [0.1, 0.15) is 202 Å². The molecule has 4 atom stereocenters. The van der Waals surface area contributed by atoms with Crippen LogP contribution in [0.5, 0.6) is 0 Å². The van der Waals surface area contributed by atoms with Gasteiger partial charge in [0.05, 0.1) is 32.3 Å². The van der Waals surface area contributed by atoms with Crippen molar-refractivity contribution in [2.45, 2.75) is 190 Å². The fraction of sp³-hybridized carbons (Fsp3) is 0.614. The normalized spacial score (nSPS) is 18.9. The lowest BCUT2D eigenvalue weighted by Gasteiger charge is -2.37. The smallest absolute Gasteiger partial charge is 0.261 e. The highest BCUT2D eigenvalue weighted by molar-refractivity contribution is 7.27. The highest BCUT2D eigenvalue weighted by Gasteiger charge is 2.51. The number of carbonyl (C=O) groups excluding carboxylic acids is 2. The van der Waals surface area contributed by atoms with Crippen LogP contribution < -0.4 is 0 Å². The van der Waals surface area contributed by atoms with E-state index in [2.05, 4.69) is 111 Å². The molecule has 4 unspecified atom stereocenters. The highest BCUT2D eigenvalue weighted by Crippen LogP contribution is 2.62. The molecular weight excluding hydrogens is 873 g/mol. The van der Waals surface area contributed by atoms with Gasteiger partial charge in [0.15, 0.2) is 0 Å². The Balaban J connectivity index is 1.36. The summed E-state index contributed by atoms with van der Waals surface area (Å²) in [5.74, 6) is 2.19. The second-order valence-corrected chi connectivity index (χ2v) is 24.6. The first-order valence-electron chi connectivity index (χ1n) is 26.1. The second kappa shape index (κ2) is 22.6. The maximum absolute atomic E-state index is 15.3. The van der Waals surface area contributed by atoms with Crippen molar-refractivity contribution in [2.24, 2.45) is 23.7 Å². The molecule has 0 aromatic carbocycles. The molecule has 2 aliphatic heterocycles. The number of rotatable bonds is 27. The van der Waals surface area contributed by atoms with Crippen LogP contribution in [0.25, 0.3) is 30.9 Å². The summed E-state index contributed by atoms with van der Waals surface area (Å²) in [7, 11) is 0. The summed E-state index contributed by atoms with van der Waals surface area (Å²) in [5, 5.41) is 0. The van der Waals surface area contributed by atoms with Gasteiger partial charge >= 0.3 is 0 Å². The molecule has 6 heterocycles. The molecule has 354 valence electrons. The molecule has 0 bridgehead atoms. The minimum atomic E-state index is 0.0148. The molecule has 3 aliphatic rings. The van der Waals surface area contributed by atoms with E-state index in [0.29, 0.717) is 47.9 Å². The molecule has 0 saturated heterocycles. The van der Waals surface area contributed by atoms with Crippen molar-refractivity contribution in [3.63, 3.8) is 0 Å². The Kier molecular flexibility index (Phi) is 17.4. The third kappa shape index (κ3) is 10.2. The van der Waals surface area contributed by atoms with E-state index < -0.39 is 0 Å². The average Bonchev–Trinajstić information content (AvgIpc) is 4.19. The Hall–Kier alpha value is -2.78. The van der Waals surface area contributed by atoms with Gasteiger partial charge in [0.25, 0.3) is 11.8 Å². The number of thiophene rings is 4. The first kappa shape index (κ1) is 50.1. The molecule has 4 aromatic heterocycles. The summed E-state index contributed by atoms with van der Waals surface area (Å²) in [6.07, 6.45) is 21.4. The predicted octanol–water partition coefficient (Wildman–Crippen LogP) is 17.9. The van der Waals surface area contributed by atoms with Gasteiger partial charge in [-0.1, -0.05) is 145 Å². The summed E-state index contributed by atoms with van der Waals surface area (Å²) in [6.45, 7) is 24.3. The van der Waals surface area contributed by atoms with Gasteiger partial charge in [-0.05, 0) is 111 Å². The number of amides is 2. The summed E-state index contributed by atoms with van der Waals surface area (Å²) in [4.78, 5) is 44.9. The standard InChI is InChI=1S/C57H80N2O2S4/c1-11-19-23-39(15-5)33-57(34-40(16-6)24-20-12-2)43-31-38(10)63-53(43)54-44(57)32-48(65-54)45-29-30-47(64-45)52-50-49(55(60)59(52)36-42(18-8)26-22-14-4)51(46-28-27-37(9)62-46)58(56(50)61)35-41(17-7)25-21-13-3/h27-32,39-42H,11-26,33-36H2,1-10H3. The van der Waals surface area contributed by atoms with Crippen LogP contribution in [0, 0.1) is 37.5 Å². The molecule has 0 N–H and O–H groups in total. The van der Waals surface area contributed by atoms with Crippen molar-refractivity contribution >= 4 is 68.6 Å². The van der Waals surface area contributed by atoms with Gasteiger partial charge in [0.2, 0.25) is 0 Å². The molecule has 0 spiro atoms. The van der Waals surface area contributed by atoms with Crippen molar-refractivity contribution in [1.82, 2.24) is 9.80 Å². The number of hydrogen-bond acceptors (Lipinski definition) is 6. The second-order valence-electron chi connectivity index (χ2n) is 20.0. The Morgan fingerprint density at radius 1 is 0.477 bits per heavy atom. The summed E-state index contributed by atoms with van der Waals surface area (Å²) < 4.78 is 0. The van der Waals surface area contributed by atoms with Crippen LogP contribution in [-0.4, -0.2) is 34.7 Å². The van der Waals surface area contributed by atoms with Crippen LogP contribution in [0.3, 0.4) is 0 Å². The predicted molar refractivity (Wildman–Crippen MR) is 285 cm³/mol. The molecule has 7 rings (SSSR count). The minimum Gasteiger partial charge on any atom is -0.306 e. The van der Waals surface area contributed by atoms with Gasteiger partial charge in [0, 0.05) is 47.8 Å². The molecule has 65 heavy (non-hydrogen) atoms. The van der Waals surface area contributed by atoms with Crippen molar-refractivity contribution in [2.75, 3.05) is 13.1 Å². The third-order valence-corrected chi connectivity index (χ3v) is 20.0. The molecule has 0 radical (unpaired) electrons. The number of fused-ring (bicyclic) bond motifs is 4. The molecule has 8 heteroatoms. The molecule has 4 nitrogen and oxygen atoms in total. The Bertz CT molecular complexity index is 2300. The van der Waals surface area contributed by atoms with Gasteiger partial charge in [-0.15, -0.1) is 45.3 Å². The monoisotopic (exact) mass is 953 g/mol. The van der Waals surface area contributed by atoms with Gasteiger partial charge in [-0.2, -0.15) is 0 Å². The van der Waals surface area contributed by atoms with E-state index in [1.165, 1.54) is 93.5 Å². The molecule has 2 amide bonds. The van der Waals surface area contributed by atoms with Crippen molar-refractivity contribution in [3.05, 3.63) is 78.2 Å². The molecule has 4 aromatic rings. The quantitative estimate of drug-likeness (QED) is 0.0598. The lowest BCUT2D eigenvalue weighted by molar-refractivity contribution is -0.124. The fourth-order valence-corrected chi connectivity index (χ4v) is 16.0. The van der Waals surface area contributed by atoms with Crippen molar-refractivity contribution < 1.29 is 9.59 Å². The van der Waals surface area contributed by atoms with E-state index >= 15 is 9.59 Å². The molecule has 0 fully saturated rings. The number of nitrogens with zero attached hydrogens (tertiary/aromatic N) is 2. The molecule has 1 aliphatic carbocycles. The van der Waals surface area contributed by atoms with Crippen LogP contribution >= 0.6 is 45.3 Å². The van der Waals surface area contributed by atoms with E-state index in [9.17, 15) is 0 Å². The number of aryl methyl sites for hydroxylation is 2. The SMILES string of the molecule is CCCCC(CC)CN1C(=O)C2=C(c3ccc(-c4cc5c(s4)-c4sc(C)cc4C5(CC(CC)CCCC)CC(CC)CCCC)s3)N(CC(CC)CCCC)C(=O)C2=C1c1ccc(C)s1. The summed E-state index contributed by atoms with van der Waals surface area (Å²) >= 11 is 7.51. The fourth-order valence-electron chi connectivity index (χ4n) is 11.4. The first-order valence-corrected chi connectivity index (χ1v) is 29.3. The zero-order valence-electron chi connectivity index (χ0n) is 41.8. The largest absolute Gasteiger partial charge is 0.306 e. The average molecular weight is 954 g/mol. The summed E-state index contributed by atoms with van der Waals surface area (Å²) in [6, 6.07) is 14.0. The Morgan fingerprint density at radius 2 is 0.908 bits per heavy atom. The highest BCUT2D eigenvalue weighted by atomic mass is 32.1. The molecule has 0 saturated carbocycles. The summed E-state index contributed by atoms with van der Waals surface area (Å²) in [5.41, 5.74) is 6.21. The minimum absolute atomic E-state index is 0.0148. The van der Waals surface area contributed by atoms with Crippen LogP contribution in [0.4, 0.5) is 0 Å². The van der Waals surface area contributed by atoms with Crippen molar-refractivity contribution in [1.29, 1.82) is 0 Å². The maximum Gasteiger partial charge on any atom is 0.261 e. The van der Waals surface area contributed by atoms with Gasteiger partial charge in [-0.3, -0.25) is 9.59 Å². The van der Waals surface area contributed by atoms with E-state index in [1.54, 1.807) is 33.8 Å². The zero-order chi connectivity index (χ0) is 46.4. The van der Waals surface area contributed by atoms with E-state index in [4.69, 9.17) is 0 Å². The lowest BCUT2D eigenvalue weighted by atomic mass is 9.65.